The topological polar surface area (TPSA) is 26.3 Å². The maximum absolute atomic E-state index is 10.5. The second-order valence-electron chi connectivity index (χ2n) is 4.33. The molecule has 0 aromatic heterocycles. The summed E-state index contributed by atoms with van der Waals surface area (Å²) >= 11 is 0. The van der Waals surface area contributed by atoms with Crippen LogP contribution in [-0.2, 0) is 9.53 Å². The average molecular weight is 232 g/mol. The van der Waals surface area contributed by atoms with E-state index in [0.29, 0.717) is 12.5 Å². The maximum Gasteiger partial charge on any atom is 0.302 e. The van der Waals surface area contributed by atoms with Gasteiger partial charge in [-0.2, -0.15) is 0 Å². The summed E-state index contributed by atoms with van der Waals surface area (Å²) in [7, 11) is 0. The zero-order valence-electron chi connectivity index (χ0n) is 10.5. The van der Waals surface area contributed by atoms with Crippen LogP contribution >= 0.6 is 0 Å². The monoisotopic (exact) mass is 232 g/mol. The summed E-state index contributed by atoms with van der Waals surface area (Å²) in [5.41, 5.74) is 0.780. The molecule has 0 bridgehead atoms. The predicted octanol–water partition coefficient (Wildman–Crippen LogP) is 3.25. The van der Waals surface area contributed by atoms with Crippen LogP contribution in [-0.4, -0.2) is 12.6 Å². The highest BCUT2D eigenvalue weighted by atomic mass is 16.5. The Morgan fingerprint density at radius 1 is 1.41 bits per heavy atom. The molecule has 1 saturated carbocycles. The zero-order chi connectivity index (χ0) is 12.5. The van der Waals surface area contributed by atoms with Crippen molar-refractivity contribution < 1.29 is 9.53 Å². The Kier molecular flexibility index (Phi) is 6.17. The molecule has 0 atom stereocenters. The van der Waals surface area contributed by atoms with Crippen LogP contribution in [0.5, 0.6) is 0 Å². The summed E-state index contributed by atoms with van der Waals surface area (Å²) < 4.78 is 4.77. The molecular weight excluding hydrogens is 212 g/mol. The largest absolute Gasteiger partial charge is 0.462 e. The third kappa shape index (κ3) is 6.63. The Labute approximate surface area is 104 Å². The minimum atomic E-state index is -0.270. The number of hydrogen-bond donors (Lipinski definition) is 0. The number of carbonyl (C=O) groups is 1. The fourth-order valence-corrected chi connectivity index (χ4v) is 1.84. The van der Waals surface area contributed by atoms with Crippen LogP contribution in [0.4, 0.5) is 0 Å². The van der Waals surface area contributed by atoms with Crippen molar-refractivity contribution in [1.82, 2.24) is 0 Å². The lowest BCUT2D eigenvalue weighted by Gasteiger charge is -2.15. The molecule has 1 fully saturated rings. The third-order valence-corrected chi connectivity index (χ3v) is 2.74. The molecule has 0 radical (unpaired) electrons. The fraction of sp³-hybridized carbons (Fsp3) is 0.533. The van der Waals surface area contributed by atoms with Crippen molar-refractivity contribution in [3.63, 3.8) is 0 Å². The van der Waals surface area contributed by atoms with Gasteiger partial charge in [-0.15, -0.1) is 0 Å². The van der Waals surface area contributed by atoms with Crippen LogP contribution in [0.15, 0.2) is 24.3 Å². The first kappa shape index (κ1) is 13.6. The van der Waals surface area contributed by atoms with E-state index in [1.165, 1.54) is 39.0 Å². The van der Waals surface area contributed by atoms with Gasteiger partial charge in [0, 0.05) is 18.4 Å². The second-order valence-corrected chi connectivity index (χ2v) is 4.33. The normalized spacial score (nSPS) is 16.3. The molecule has 0 heterocycles. The van der Waals surface area contributed by atoms with Crippen molar-refractivity contribution in [2.45, 2.75) is 39.0 Å². The second kappa shape index (κ2) is 7.73. The molecule has 0 aromatic rings. The molecular formula is C15H20O2. The summed E-state index contributed by atoms with van der Waals surface area (Å²) in [6, 6.07) is 0. The van der Waals surface area contributed by atoms with Gasteiger partial charge in [0.2, 0.25) is 0 Å². The summed E-state index contributed by atoms with van der Waals surface area (Å²) in [5, 5.41) is 0. The lowest BCUT2D eigenvalue weighted by Crippen LogP contribution is -2.02. The van der Waals surface area contributed by atoms with Crippen LogP contribution in [0.2, 0.25) is 0 Å². The first-order valence-electron chi connectivity index (χ1n) is 6.19. The van der Waals surface area contributed by atoms with Crippen LogP contribution in [0, 0.1) is 17.8 Å². The molecule has 0 saturated heterocycles. The van der Waals surface area contributed by atoms with Gasteiger partial charge in [-0.05, 0) is 25.0 Å². The SMILES string of the molecule is C=C(C#CC1CCCCC1)/C=C/COC(C)=O. The van der Waals surface area contributed by atoms with E-state index in [9.17, 15) is 4.79 Å². The van der Waals surface area contributed by atoms with Crippen LogP contribution < -0.4 is 0 Å². The van der Waals surface area contributed by atoms with E-state index < -0.39 is 0 Å². The highest BCUT2D eigenvalue weighted by Crippen LogP contribution is 2.22. The molecule has 0 aliphatic heterocycles. The molecule has 0 N–H and O–H groups in total. The van der Waals surface area contributed by atoms with Crippen LogP contribution in [0.25, 0.3) is 0 Å². The van der Waals surface area contributed by atoms with E-state index in [0.717, 1.165) is 5.57 Å². The maximum atomic E-state index is 10.5. The van der Waals surface area contributed by atoms with Gasteiger partial charge in [0.1, 0.15) is 6.61 Å². The number of rotatable bonds is 3. The lowest BCUT2D eigenvalue weighted by atomic mass is 9.90. The minimum Gasteiger partial charge on any atom is -0.462 e. The van der Waals surface area contributed by atoms with Gasteiger partial charge in [-0.1, -0.05) is 37.7 Å². The van der Waals surface area contributed by atoms with Crippen molar-refractivity contribution in [1.29, 1.82) is 0 Å². The van der Waals surface area contributed by atoms with Gasteiger partial charge in [0.05, 0.1) is 0 Å². The zero-order valence-corrected chi connectivity index (χ0v) is 10.5. The summed E-state index contributed by atoms with van der Waals surface area (Å²) in [6.45, 7) is 5.54. The molecule has 0 spiro atoms. The molecule has 0 unspecified atom stereocenters. The Morgan fingerprint density at radius 3 is 2.76 bits per heavy atom. The third-order valence-electron chi connectivity index (χ3n) is 2.74. The van der Waals surface area contributed by atoms with Gasteiger partial charge in [0.25, 0.3) is 0 Å². The highest BCUT2D eigenvalue weighted by molar-refractivity contribution is 5.66. The smallest absolute Gasteiger partial charge is 0.302 e. The Balaban J connectivity index is 2.28. The standard InChI is InChI=1S/C15H20O2/c1-13(7-6-12-17-14(2)16)10-11-15-8-4-3-5-9-15/h6-7,15H,1,3-5,8-9,12H2,2H3/b7-6+. The molecule has 1 aliphatic rings. The molecule has 1 aliphatic carbocycles. The molecule has 92 valence electrons. The number of carbonyl (C=O) groups excluding carboxylic acids is 1. The van der Waals surface area contributed by atoms with Crippen molar-refractivity contribution in [3.8, 4) is 11.8 Å². The van der Waals surface area contributed by atoms with Crippen molar-refractivity contribution in [2.75, 3.05) is 6.61 Å². The molecule has 2 heteroatoms. The van der Waals surface area contributed by atoms with Crippen molar-refractivity contribution >= 4 is 5.97 Å². The highest BCUT2D eigenvalue weighted by Gasteiger charge is 2.09. The van der Waals surface area contributed by atoms with E-state index in [1.807, 2.05) is 0 Å². The molecule has 0 aromatic carbocycles. The fourth-order valence-electron chi connectivity index (χ4n) is 1.84. The van der Waals surface area contributed by atoms with Gasteiger partial charge < -0.3 is 4.74 Å². The van der Waals surface area contributed by atoms with E-state index in [4.69, 9.17) is 4.74 Å². The van der Waals surface area contributed by atoms with E-state index in [-0.39, 0.29) is 5.97 Å². The number of allylic oxidation sites excluding steroid dienone is 2. The molecule has 0 amide bonds. The first-order chi connectivity index (χ1) is 8.18. The minimum absolute atomic E-state index is 0.270. The van der Waals surface area contributed by atoms with Crippen LogP contribution in [0.3, 0.4) is 0 Å². The van der Waals surface area contributed by atoms with Crippen molar-refractivity contribution in [3.05, 3.63) is 24.3 Å². The molecule has 2 nitrogen and oxygen atoms in total. The quantitative estimate of drug-likeness (QED) is 0.424. The Bertz CT molecular complexity index is 349. The summed E-state index contributed by atoms with van der Waals surface area (Å²) in [5.74, 6) is 6.61. The Morgan fingerprint density at radius 2 is 2.12 bits per heavy atom. The van der Waals surface area contributed by atoms with Crippen LogP contribution in [0.1, 0.15) is 39.0 Å². The average Bonchev–Trinajstić information content (AvgIpc) is 2.33. The summed E-state index contributed by atoms with van der Waals surface area (Å²) in [4.78, 5) is 10.5. The first-order valence-corrected chi connectivity index (χ1v) is 6.19. The predicted molar refractivity (Wildman–Crippen MR) is 69.3 cm³/mol. The van der Waals surface area contributed by atoms with Crippen molar-refractivity contribution in [2.24, 2.45) is 5.92 Å². The molecule has 1 rings (SSSR count). The Hall–Kier alpha value is -1.49. The van der Waals surface area contributed by atoms with E-state index >= 15 is 0 Å². The van der Waals surface area contributed by atoms with E-state index in [2.05, 4.69) is 18.4 Å². The van der Waals surface area contributed by atoms with Gasteiger partial charge in [-0.3, -0.25) is 4.79 Å². The molecule has 17 heavy (non-hydrogen) atoms. The number of ether oxygens (including phenoxy) is 1. The number of esters is 1. The summed E-state index contributed by atoms with van der Waals surface area (Å²) in [6.07, 6.45) is 9.95. The van der Waals surface area contributed by atoms with Gasteiger partial charge in [0.15, 0.2) is 0 Å². The van der Waals surface area contributed by atoms with Gasteiger partial charge in [-0.25, -0.2) is 0 Å². The van der Waals surface area contributed by atoms with Gasteiger partial charge >= 0.3 is 5.97 Å². The van der Waals surface area contributed by atoms with E-state index in [1.54, 1.807) is 12.2 Å². The lowest BCUT2D eigenvalue weighted by molar-refractivity contribution is -0.139. The number of hydrogen-bond acceptors (Lipinski definition) is 2.